The van der Waals surface area contributed by atoms with Crippen molar-refractivity contribution in [3.63, 3.8) is 0 Å². The first-order valence-electron chi connectivity index (χ1n) is 5.75. The number of pyridine rings is 1. The molecule has 1 amide bonds. The Morgan fingerprint density at radius 2 is 1.64 bits per heavy atom. The zero-order valence-electron chi connectivity index (χ0n) is 10.8. The molecular formula is C12H10Cl3N3O4. The lowest BCUT2D eigenvalue weighted by Gasteiger charge is -2.18. The molecule has 3 N–H and O–H groups in total. The molecule has 0 radical (unpaired) electrons. The standard InChI is InChI=1S/C12H10Cl3N3O4/c13-6(2-19)5-1-9(12(22)18-16)17-11(8(15)4-21)10(5)7(14)3-20/h1-4,6-8H,16H2,(H,18,22). The molecule has 1 heterocycles. The molecule has 0 aliphatic carbocycles. The topological polar surface area (TPSA) is 119 Å². The Balaban J connectivity index is 3.75. The second-order valence-electron chi connectivity index (χ2n) is 3.98. The number of nitrogens with zero attached hydrogens (tertiary/aromatic N) is 1. The van der Waals surface area contributed by atoms with Crippen LogP contribution in [-0.2, 0) is 14.4 Å². The van der Waals surface area contributed by atoms with E-state index in [9.17, 15) is 19.2 Å². The van der Waals surface area contributed by atoms with Crippen LogP contribution in [0.3, 0.4) is 0 Å². The van der Waals surface area contributed by atoms with Crippen LogP contribution >= 0.6 is 34.8 Å². The lowest BCUT2D eigenvalue weighted by Crippen LogP contribution is -2.31. The Hall–Kier alpha value is -1.54. The number of carbonyl (C=O) groups excluding carboxylic acids is 4. The molecule has 0 saturated carbocycles. The predicted molar refractivity (Wildman–Crippen MR) is 79.9 cm³/mol. The zero-order chi connectivity index (χ0) is 16.9. The van der Waals surface area contributed by atoms with Gasteiger partial charge in [0.15, 0.2) is 0 Å². The van der Waals surface area contributed by atoms with Crippen LogP contribution in [-0.4, -0.2) is 29.7 Å². The van der Waals surface area contributed by atoms with E-state index < -0.39 is 22.0 Å². The van der Waals surface area contributed by atoms with Crippen LogP contribution in [0.1, 0.15) is 43.4 Å². The number of aromatic nitrogens is 1. The van der Waals surface area contributed by atoms with Gasteiger partial charge in [-0.1, -0.05) is 0 Å². The number of amides is 1. The highest BCUT2D eigenvalue weighted by Gasteiger charge is 2.28. The van der Waals surface area contributed by atoms with Crippen LogP contribution in [0, 0.1) is 0 Å². The molecule has 0 spiro atoms. The number of aldehydes is 3. The zero-order valence-corrected chi connectivity index (χ0v) is 13.1. The number of carbonyl (C=O) groups is 4. The largest absolute Gasteiger partial charge is 0.301 e. The SMILES string of the molecule is NNC(=O)c1cc(C(Cl)C=O)c(C(Cl)C=O)c(C(Cl)C=O)n1. The van der Waals surface area contributed by atoms with Crippen molar-refractivity contribution >= 4 is 59.6 Å². The molecule has 3 atom stereocenters. The van der Waals surface area contributed by atoms with Crippen LogP contribution in [0.25, 0.3) is 0 Å². The molecule has 3 unspecified atom stereocenters. The number of rotatable bonds is 7. The molecule has 118 valence electrons. The maximum Gasteiger partial charge on any atom is 0.283 e. The molecular weight excluding hydrogens is 357 g/mol. The van der Waals surface area contributed by atoms with Crippen molar-refractivity contribution in [2.45, 2.75) is 16.1 Å². The van der Waals surface area contributed by atoms with Gasteiger partial charge in [0, 0.05) is 5.56 Å². The monoisotopic (exact) mass is 365 g/mol. The number of alkyl halides is 3. The fourth-order valence-corrected chi connectivity index (χ4v) is 2.31. The normalized spacial score (nSPS) is 14.5. The van der Waals surface area contributed by atoms with E-state index in [-0.39, 0.29) is 22.5 Å². The summed E-state index contributed by atoms with van der Waals surface area (Å²) < 4.78 is 0. The van der Waals surface area contributed by atoms with Crippen LogP contribution in [0.4, 0.5) is 0 Å². The first-order chi connectivity index (χ1) is 10.4. The number of hydrogen-bond acceptors (Lipinski definition) is 6. The van der Waals surface area contributed by atoms with Gasteiger partial charge in [0.2, 0.25) is 0 Å². The molecule has 0 aliphatic rings. The van der Waals surface area contributed by atoms with Crippen molar-refractivity contribution in [2.75, 3.05) is 0 Å². The molecule has 7 nitrogen and oxygen atoms in total. The highest BCUT2D eigenvalue weighted by molar-refractivity contribution is 6.31. The average molecular weight is 367 g/mol. The summed E-state index contributed by atoms with van der Waals surface area (Å²) in [7, 11) is 0. The Kier molecular flexibility index (Phi) is 6.89. The lowest BCUT2D eigenvalue weighted by atomic mass is 9.98. The number of halogens is 3. The molecule has 1 aromatic heterocycles. The molecule has 10 heteroatoms. The summed E-state index contributed by atoms with van der Waals surface area (Å²) in [6, 6.07) is 1.15. The van der Waals surface area contributed by atoms with Gasteiger partial charge >= 0.3 is 0 Å². The van der Waals surface area contributed by atoms with Crippen molar-refractivity contribution in [3.05, 3.63) is 28.6 Å². The van der Waals surface area contributed by atoms with E-state index in [1.807, 2.05) is 5.43 Å². The molecule has 1 rings (SSSR count). The van der Waals surface area contributed by atoms with Crippen molar-refractivity contribution < 1.29 is 19.2 Å². The fourth-order valence-electron chi connectivity index (χ4n) is 1.73. The van der Waals surface area contributed by atoms with Gasteiger partial charge in [0.25, 0.3) is 5.91 Å². The second kappa shape index (κ2) is 8.19. The van der Waals surface area contributed by atoms with Crippen LogP contribution < -0.4 is 11.3 Å². The summed E-state index contributed by atoms with van der Waals surface area (Å²) in [5.74, 6) is 4.22. The molecule has 0 saturated heterocycles. The Bertz CT molecular complexity index is 576. The van der Waals surface area contributed by atoms with Crippen LogP contribution in [0.5, 0.6) is 0 Å². The molecule has 0 aromatic carbocycles. The number of hydrogen-bond donors (Lipinski definition) is 2. The first-order valence-corrected chi connectivity index (χ1v) is 7.05. The summed E-state index contributed by atoms with van der Waals surface area (Å²) >= 11 is 17.6. The van der Waals surface area contributed by atoms with Gasteiger partial charge in [-0.15, -0.1) is 34.8 Å². The fraction of sp³-hybridized carbons (Fsp3) is 0.250. The quantitative estimate of drug-likeness (QED) is 0.245. The lowest BCUT2D eigenvalue weighted by molar-refractivity contribution is -0.108. The van der Waals surface area contributed by atoms with E-state index in [0.29, 0.717) is 18.9 Å². The second-order valence-corrected chi connectivity index (χ2v) is 5.39. The van der Waals surface area contributed by atoms with E-state index in [1.165, 1.54) is 0 Å². The van der Waals surface area contributed by atoms with Gasteiger partial charge in [0.1, 0.15) is 40.7 Å². The Morgan fingerprint density at radius 3 is 2.09 bits per heavy atom. The van der Waals surface area contributed by atoms with E-state index in [4.69, 9.17) is 40.6 Å². The first kappa shape index (κ1) is 18.5. The third kappa shape index (κ3) is 3.80. The molecule has 1 aromatic rings. The van der Waals surface area contributed by atoms with Gasteiger partial charge in [-0.25, -0.2) is 10.8 Å². The van der Waals surface area contributed by atoms with E-state index >= 15 is 0 Å². The minimum atomic E-state index is -1.30. The molecule has 0 aliphatic heterocycles. The summed E-state index contributed by atoms with van der Waals surface area (Å²) in [5, 5.41) is -3.77. The van der Waals surface area contributed by atoms with Crippen LogP contribution in [0.2, 0.25) is 0 Å². The van der Waals surface area contributed by atoms with Gasteiger partial charge in [-0.3, -0.25) is 10.2 Å². The van der Waals surface area contributed by atoms with E-state index in [2.05, 4.69) is 4.98 Å². The van der Waals surface area contributed by atoms with E-state index in [0.717, 1.165) is 6.07 Å². The van der Waals surface area contributed by atoms with Gasteiger partial charge in [-0.2, -0.15) is 0 Å². The van der Waals surface area contributed by atoms with E-state index in [1.54, 1.807) is 0 Å². The minimum absolute atomic E-state index is 0.00411. The maximum atomic E-state index is 11.6. The summed E-state index contributed by atoms with van der Waals surface area (Å²) in [6.07, 6.45) is 1.06. The summed E-state index contributed by atoms with van der Waals surface area (Å²) in [4.78, 5) is 48.4. The Labute approximate surface area is 140 Å². The number of hydrazine groups is 1. The highest BCUT2D eigenvalue weighted by Crippen LogP contribution is 2.35. The van der Waals surface area contributed by atoms with Crippen molar-refractivity contribution in [1.29, 1.82) is 0 Å². The number of nitrogen functional groups attached to an aromatic ring is 1. The minimum Gasteiger partial charge on any atom is -0.301 e. The third-order valence-corrected chi connectivity index (χ3v) is 3.64. The molecule has 0 fully saturated rings. The Morgan fingerprint density at radius 1 is 1.09 bits per heavy atom. The van der Waals surface area contributed by atoms with Crippen molar-refractivity contribution in [3.8, 4) is 0 Å². The predicted octanol–water partition coefficient (Wildman–Crippen LogP) is 1.12. The molecule has 0 bridgehead atoms. The summed E-state index contributed by atoms with van der Waals surface area (Å²) in [6.45, 7) is 0. The highest BCUT2D eigenvalue weighted by atomic mass is 35.5. The van der Waals surface area contributed by atoms with Crippen LogP contribution in [0.15, 0.2) is 6.07 Å². The number of nitrogens with two attached hydrogens (primary N) is 1. The average Bonchev–Trinajstić information content (AvgIpc) is 2.57. The smallest absolute Gasteiger partial charge is 0.283 e. The summed E-state index contributed by atoms with van der Waals surface area (Å²) in [5.41, 5.74) is 1.51. The maximum absolute atomic E-state index is 11.6. The number of nitrogens with one attached hydrogen (secondary N) is 1. The van der Waals surface area contributed by atoms with Crippen molar-refractivity contribution in [1.82, 2.24) is 10.4 Å². The van der Waals surface area contributed by atoms with Gasteiger partial charge in [0.05, 0.1) is 5.69 Å². The molecule has 22 heavy (non-hydrogen) atoms. The third-order valence-electron chi connectivity index (χ3n) is 2.68. The van der Waals surface area contributed by atoms with Gasteiger partial charge < -0.3 is 14.4 Å². The van der Waals surface area contributed by atoms with Crippen molar-refractivity contribution in [2.24, 2.45) is 5.84 Å². The van der Waals surface area contributed by atoms with Gasteiger partial charge in [-0.05, 0) is 11.6 Å².